The molecule has 0 unspecified atom stereocenters. The standard InChI is InChI=1S/C16H13ClN6OS2/c1-9(14-20-21-15(24-14)12-6-3-7-25-12)26-16-22-19-13(23(16)18)10-4-2-5-11(17)8-10/h2-9H,18H2,1H3/t9-/m1/s1. The van der Waals surface area contributed by atoms with Crippen LogP contribution in [0.3, 0.4) is 0 Å². The highest BCUT2D eigenvalue weighted by molar-refractivity contribution is 7.99. The number of hydrogen-bond acceptors (Lipinski definition) is 8. The molecule has 4 aromatic rings. The van der Waals surface area contributed by atoms with Crippen molar-refractivity contribution in [3.05, 3.63) is 52.7 Å². The van der Waals surface area contributed by atoms with Crippen LogP contribution in [0.25, 0.3) is 22.2 Å². The van der Waals surface area contributed by atoms with Gasteiger partial charge in [0.15, 0.2) is 5.82 Å². The number of thiophene rings is 1. The molecule has 1 atom stereocenters. The lowest BCUT2D eigenvalue weighted by Crippen LogP contribution is -2.12. The normalized spacial score (nSPS) is 12.4. The molecule has 0 bridgehead atoms. The molecule has 0 saturated heterocycles. The van der Waals surface area contributed by atoms with Crippen molar-refractivity contribution in [2.45, 2.75) is 17.3 Å². The van der Waals surface area contributed by atoms with E-state index in [0.29, 0.717) is 27.8 Å². The van der Waals surface area contributed by atoms with Gasteiger partial charge in [0, 0.05) is 10.6 Å². The van der Waals surface area contributed by atoms with Crippen molar-refractivity contribution in [1.82, 2.24) is 25.1 Å². The summed E-state index contributed by atoms with van der Waals surface area (Å²) in [6, 6.07) is 11.2. The molecule has 7 nitrogen and oxygen atoms in total. The zero-order chi connectivity index (χ0) is 18.1. The lowest BCUT2D eigenvalue weighted by molar-refractivity contribution is 0.510. The molecule has 0 aliphatic rings. The van der Waals surface area contributed by atoms with Gasteiger partial charge in [-0.2, -0.15) is 0 Å². The van der Waals surface area contributed by atoms with Crippen LogP contribution in [0.15, 0.2) is 51.4 Å². The second-order valence-corrected chi connectivity index (χ2v) is 8.06. The highest BCUT2D eigenvalue weighted by Crippen LogP contribution is 2.35. The summed E-state index contributed by atoms with van der Waals surface area (Å²) in [5.41, 5.74) is 0.796. The molecule has 1 aromatic carbocycles. The van der Waals surface area contributed by atoms with Crippen LogP contribution >= 0.6 is 34.7 Å². The van der Waals surface area contributed by atoms with E-state index in [1.807, 2.05) is 36.6 Å². The lowest BCUT2D eigenvalue weighted by atomic mass is 10.2. The first-order chi connectivity index (χ1) is 12.6. The van der Waals surface area contributed by atoms with Gasteiger partial charge in [-0.3, -0.25) is 0 Å². The van der Waals surface area contributed by atoms with Crippen LogP contribution < -0.4 is 5.84 Å². The molecule has 0 aliphatic carbocycles. The van der Waals surface area contributed by atoms with E-state index in [9.17, 15) is 0 Å². The Bertz CT molecular complexity index is 1030. The average Bonchev–Trinajstić information content (AvgIpc) is 3.36. The zero-order valence-corrected chi connectivity index (χ0v) is 15.9. The van der Waals surface area contributed by atoms with Gasteiger partial charge < -0.3 is 10.3 Å². The van der Waals surface area contributed by atoms with Gasteiger partial charge in [0.05, 0.1) is 10.1 Å². The summed E-state index contributed by atoms with van der Waals surface area (Å²) in [6.45, 7) is 1.95. The van der Waals surface area contributed by atoms with Crippen LogP contribution in [-0.2, 0) is 0 Å². The Morgan fingerprint density at radius 1 is 1.19 bits per heavy atom. The third-order valence-corrected chi connectivity index (χ3v) is 5.69. The van der Waals surface area contributed by atoms with Crippen LogP contribution in [0.1, 0.15) is 18.1 Å². The van der Waals surface area contributed by atoms with Crippen molar-refractivity contribution in [3.8, 4) is 22.2 Å². The van der Waals surface area contributed by atoms with E-state index >= 15 is 0 Å². The summed E-state index contributed by atoms with van der Waals surface area (Å²) in [5, 5.41) is 19.5. The van der Waals surface area contributed by atoms with E-state index < -0.39 is 0 Å². The predicted molar refractivity (Wildman–Crippen MR) is 103 cm³/mol. The molecule has 0 amide bonds. The number of benzene rings is 1. The maximum Gasteiger partial charge on any atom is 0.257 e. The Hall–Kier alpha value is -2.36. The first-order valence-corrected chi connectivity index (χ1v) is 9.76. The fraction of sp³-hybridized carbons (Fsp3) is 0.125. The topological polar surface area (TPSA) is 95.7 Å². The Labute approximate surface area is 162 Å². The Kier molecular flexibility index (Phi) is 4.66. The summed E-state index contributed by atoms with van der Waals surface area (Å²) >= 11 is 8.97. The van der Waals surface area contributed by atoms with Crippen LogP contribution in [0, 0.1) is 0 Å². The van der Waals surface area contributed by atoms with Gasteiger partial charge in [-0.25, -0.2) is 4.68 Å². The fourth-order valence-corrected chi connectivity index (χ4v) is 3.92. The molecule has 0 spiro atoms. The van der Waals surface area contributed by atoms with Gasteiger partial charge in [0.2, 0.25) is 11.0 Å². The van der Waals surface area contributed by atoms with Gasteiger partial charge >= 0.3 is 0 Å². The Balaban J connectivity index is 1.54. The molecule has 3 heterocycles. The van der Waals surface area contributed by atoms with E-state index in [4.69, 9.17) is 21.9 Å². The first-order valence-electron chi connectivity index (χ1n) is 7.62. The summed E-state index contributed by atoms with van der Waals surface area (Å²) in [5.74, 6) is 7.71. The number of thioether (sulfide) groups is 1. The molecule has 10 heteroatoms. The number of halogens is 1. The van der Waals surface area contributed by atoms with Crippen LogP contribution in [0.4, 0.5) is 0 Å². The van der Waals surface area contributed by atoms with Crippen molar-refractivity contribution >= 4 is 34.7 Å². The smallest absolute Gasteiger partial charge is 0.257 e. The van der Waals surface area contributed by atoms with Gasteiger partial charge in [-0.05, 0) is 30.5 Å². The van der Waals surface area contributed by atoms with Gasteiger partial charge in [0.25, 0.3) is 5.89 Å². The predicted octanol–water partition coefficient (Wildman–Crippen LogP) is 4.28. The molecule has 0 radical (unpaired) electrons. The minimum absolute atomic E-state index is 0.130. The lowest BCUT2D eigenvalue weighted by Gasteiger charge is -2.07. The average molecular weight is 405 g/mol. The molecule has 3 aromatic heterocycles. The Morgan fingerprint density at radius 2 is 2.08 bits per heavy atom. The van der Waals surface area contributed by atoms with Gasteiger partial charge in [-0.15, -0.1) is 31.7 Å². The maximum atomic E-state index is 6.16. The van der Waals surface area contributed by atoms with Gasteiger partial charge in [0.1, 0.15) is 0 Å². The third-order valence-electron chi connectivity index (χ3n) is 3.55. The van der Waals surface area contributed by atoms with Crippen LogP contribution in [0.2, 0.25) is 5.02 Å². The summed E-state index contributed by atoms with van der Waals surface area (Å²) in [6.07, 6.45) is 0. The van der Waals surface area contributed by atoms with Crippen LogP contribution in [0.5, 0.6) is 0 Å². The minimum Gasteiger partial charge on any atom is -0.419 e. The highest BCUT2D eigenvalue weighted by atomic mass is 35.5. The molecule has 4 rings (SSSR count). The molecular weight excluding hydrogens is 392 g/mol. The summed E-state index contributed by atoms with van der Waals surface area (Å²) < 4.78 is 7.19. The largest absolute Gasteiger partial charge is 0.419 e. The van der Waals surface area contributed by atoms with Crippen molar-refractivity contribution < 1.29 is 4.42 Å². The number of nitrogens with zero attached hydrogens (tertiary/aromatic N) is 5. The van der Waals surface area contributed by atoms with E-state index in [-0.39, 0.29) is 5.25 Å². The quantitative estimate of drug-likeness (QED) is 0.391. The molecule has 0 saturated carbocycles. The summed E-state index contributed by atoms with van der Waals surface area (Å²) in [4.78, 5) is 0.936. The zero-order valence-electron chi connectivity index (χ0n) is 13.5. The van der Waals surface area contributed by atoms with E-state index in [1.165, 1.54) is 16.4 Å². The first kappa shape index (κ1) is 17.1. The monoisotopic (exact) mass is 404 g/mol. The number of rotatable bonds is 5. The SMILES string of the molecule is C[C@@H](Sc1nnc(-c2cccc(Cl)c2)n1N)c1nnc(-c2cccs2)o1. The van der Waals surface area contributed by atoms with E-state index in [0.717, 1.165) is 10.4 Å². The van der Waals surface area contributed by atoms with Crippen molar-refractivity contribution in [2.75, 3.05) is 5.84 Å². The van der Waals surface area contributed by atoms with Crippen molar-refractivity contribution in [3.63, 3.8) is 0 Å². The fourth-order valence-electron chi connectivity index (χ4n) is 2.29. The Morgan fingerprint density at radius 3 is 2.85 bits per heavy atom. The number of hydrogen-bond donors (Lipinski definition) is 1. The molecular formula is C16H13ClN6OS2. The number of aromatic nitrogens is 5. The maximum absolute atomic E-state index is 6.16. The molecule has 2 N–H and O–H groups in total. The molecule has 26 heavy (non-hydrogen) atoms. The van der Waals surface area contributed by atoms with Crippen LogP contribution in [-0.4, -0.2) is 25.1 Å². The molecule has 0 fully saturated rings. The summed E-state index contributed by atoms with van der Waals surface area (Å²) in [7, 11) is 0. The second-order valence-electron chi connectivity index (χ2n) is 5.37. The number of nitrogen functional groups attached to an aromatic ring is 1. The van der Waals surface area contributed by atoms with E-state index in [2.05, 4.69) is 20.4 Å². The molecule has 0 aliphatic heterocycles. The highest BCUT2D eigenvalue weighted by Gasteiger charge is 2.21. The van der Waals surface area contributed by atoms with Crippen molar-refractivity contribution in [2.24, 2.45) is 0 Å². The second kappa shape index (κ2) is 7.10. The molecule has 132 valence electrons. The van der Waals surface area contributed by atoms with E-state index in [1.54, 1.807) is 23.5 Å². The van der Waals surface area contributed by atoms with Gasteiger partial charge in [-0.1, -0.05) is 41.6 Å². The van der Waals surface area contributed by atoms with Crippen molar-refractivity contribution in [1.29, 1.82) is 0 Å². The third kappa shape index (κ3) is 3.33. The minimum atomic E-state index is -0.130. The number of nitrogens with two attached hydrogens (primary N) is 1.